The van der Waals surface area contributed by atoms with Gasteiger partial charge in [-0.05, 0) is 20.5 Å². The second kappa shape index (κ2) is 8.36. The van der Waals surface area contributed by atoms with Crippen LogP contribution in [-0.4, -0.2) is 55.5 Å². The Labute approximate surface area is 127 Å². The molecule has 0 saturated heterocycles. The first-order chi connectivity index (χ1) is 9.54. The molecule has 0 aliphatic carbocycles. The average molecular weight is 316 g/mol. The van der Waals surface area contributed by atoms with Gasteiger partial charge in [-0.1, -0.05) is 7.60 Å². The van der Waals surface area contributed by atoms with Crippen molar-refractivity contribution in [2.75, 3.05) is 33.8 Å². The zero-order valence-electron chi connectivity index (χ0n) is 13.3. The summed E-state index contributed by atoms with van der Waals surface area (Å²) in [4.78, 5) is 26.2. The largest absolute Gasteiger partial charge is 0.811 e. The van der Waals surface area contributed by atoms with Crippen LogP contribution in [0.2, 0.25) is 0 Å². The second-order valence-electron chi connectivity index (χ2n) is 5.22. The highest BCUT2D eigenvalue weighted by Crippen LogP contribution is 2.12. The van der Waals surface area contributed by atoms with Crippen LogP contribution in [0.15, 0.2) is 34.8 Å². The van der Waals surface area contributed by atoms with E-state index in [4.69, 9.17) is 14.4 Å². The number of nitrogens with zero attached hydrogens (tertiary/aromatic N) is 4. The summed E-state index contributed by atoms with van der Waals surface area (Å²) in [6, 6.07) is 0. The highest BCUT2D eigenvalue weighted by Gasteiger charge is 2.15. The minimum absolute atomic E-state index is 0.632. The second-order valence-corrected chi connectivity index (χ2v) is 6.77. The minimum Gasteiger partial charge on any atom is -0.811 e. The highest BCUT2D eigenvalue weighted by molar-refractivity contribution is 7.47. The summed E-state index contributed by atoms with van der Waals surface area (Å²) in [6.07, 6.45) is 11.7. The van der Waals surface area contributed by atoms with Crippen molar-refractivity contribution in [2.45, 2.75) is 13.8 Å². The Morgan fingerprint density at radius 2 is 1.24 bits per heavy atom. The minimum atomic E-state index is -4.14. The fraction of sp³-hybridized carbons (Fsp3) is 0.538. The van der Waals surface area contributed by atoms with Gasteiger partial charge in [0, 0.05) is 0 Å². The van der Waals surface area contributed by atoms with E-state index in [9.17, 15) is 0 Å². The molecule has 0 saturated carbocycles. The third kappa shape index (κ3) is 10.3. The van der Waals surface area contributed by atoms with Gasteiger partial charge in [-0.3, -0.25) is 8.97 Å². The van der Waals surface area contributed by atoms with E-state index in [1.54, 1.807) is 0 Å². The first-order valence-electron chi connectivity index (χ1n) is 6.67. The summed E-state index contributed by atoms with van der Waals surface area (Å²) in [7, 11) is 0.0972. The lowest BCUT2D eigenvalue weighted by molar-refractivity contribution is -0.754. The fourth-order valence-corrected chi connectivity index (χ4v) is 1.21. The van der Waals surface area contributed by atoms with Crippen LogP contribution in [-0.2, 0) is 4.57 Å². The first-order valence-corrected chi connectivity index (χ1v) is 8.66. The number of aliphatic imine (C=N–C) groups is 2. The normalized spacial score (nSPS) is 28.9. The van der Waals surface area contributed by atoms with Gasteiger partial charge in [-0.15, -0.1) is 0 Å². The third-order valence-corrected chi connectivity index (χ3v) is 3.01. The Balaban J connectivity index is 0.000000296. The molecule has 2 atom stereocenters. The molecule has 0 bridgehead atoms. The predicted octanol–water partition coefficient (Wildman–Crippen LogP) is 0.462. The molecular formula is C13H25N4O3P. The van der Waals surface area contributed by atoms with Gasteiger partial charge in [-0.25, -0.2) is 9.98 Å². The van der Waals surface area contributed by atoms with E-state index in [0.717, 1.165) is 22.1 Å². The van der Waals surface area contributed by atoms with E-state index in [0.29, 0.717) is 6.66 Å². The Morgan fingerprint density at radius 1 is 0.952 bits per heavy atom. The monoisotopic (exact) mass is 316 g/mol. The van der Waals surface area contributed by atoms with E-state index in [2.05, 4.69) is 50.3 Å². The third-order valence-electron chi connectivity index (χ3n) is 3.01. The Bertz CT molecular complexity index is 414. The van der Waals surface area contributed by atoms with Crippen molar-refractivity contribution in [3.63, 3.8) is 0 Å². The maximum atomic E-state index is 9.10. The zero-order chi connectivity index (χ0) is 16.6. The molecule has 0 radical (unpaired) electrons. The smallest absolute Gasteiger partial charge is 0.194 e. The van der Waals surface area contributed by atoms with Gasteiger partial charge >= 0.3 is 0 Å². The molecule has 0 aromatic carbocycles. The first kappa shape index (κ1) is 19.9. The van der Waals surface area contributed by atoms with Crippen LogP contribution in [0.3, 0.4) is 0 Å². The number of hydrogen-bond donors (Lipinski definition) is 0. The molecule has 2 rings (SSSR count). The maximum Gasteiger partial charge on any atom is 0.194 e. The number of quaternary nitrogens is 2. The molecule has 120 valence electrons. The number of rotatable bonds is 2. The maximum absolute atomic E-state index is 9.10. The van der Waals surface area contributed by atoms with Gasteiger partial charge in [0.25, 0.3) is 0 Å². The highest BCUT2D eigenvalue weighted by atomic mass is 31.2. The van der Waals surface area contributed by atoms with Gasteiger partial charge < -0.3 is 14.4 Å². The van der Waals surface area contributed by atoms with Crippen molar-refractivity contribution < 1.29 is 23.3 Å². The summed E-state index contributed by atoms with van der Waals surface area (Å²) < 4.78 is 10.8. The topological polar surface area (TPSA) is 87.9 Å². The molecule has 0 spiro atoms. The van der Waals surface area contributed by atoms with Crippen molar-refractivity contribution >= 4 is 20.3 Å². The lowest BCUT2D eigenvalue weighted by atomic mass is 10.5. The molecule has 0 fully saturated rings. The van der Waals surface area contributed by atoms with E-state index < -0.39 is 7.60 Å². The van der Waals surface area contributed by atoms with Gasteiger partial charge in [0.15, 0.2) is 12.7 Å². The van der Waals surface area contributed by atoms with Crippen LogP contribution >= 0.6 is 7.60 Å². The summed E-state index contributed by atoms with van der Waals surface area (Å²) >= 11 is 0. The summed E-state index contributed by atoms with van der Waals surface area (Å²) in [5, 5.41) is 0. The van der Waals surface area contributed by atoms with Crippen molar-refractivity contribution in [3.8, 4) is 0 Å². The van der Waals surface area contributed by atoms with E-state index in [-0.39, 0.29) is 0 Å². The molecule has 0 N–H and O–H groups in total. The summed E-state index contributed by atoms with van der Waals surface area (Å²) in [6.45, 7) is 7.08. The summed E-state index contributed by atoms with van der Waals surface area (Å²) in [5.41, 5.74) is 0. The Hall–Kier alpha value is -1.11. The molecule has 2 heterocycles. The Kier molecular flexibility index (Phi) is 7.92. The van der Waals surface area contributed by atoms with Crippen molar-refractivity contribution in [1.82, 2.24) is 0 Å². The molecular weight excluding hydrogens is 291 g/mol. The predicted molar refractivity (Wildman–Crippen MR) is 82.2 cm³/mol. The zero-order valence-corrected chi connectivity index (χ0v) is 14.2. The van der Waals surface area contributed by atoms with Crippen molar-refractivity contribution in [2.24, 2.45) is 9.98 Å². The molecule has 2 aliphatic heterocycles. The van der Waals surface area contributed by atoms with E-state index in [1.165, 1.54) is 0 Å². The Morgan fingerprint density at radius 3 is 1.33 bits per heavy atom. The van der Waals surface area contributed by atoms with Crippen LogP contribution in [0.5, 0.6) is 0 Å². The average Bonchev–Trinajstić information content (AvgIpc) is 2.99. The van der Waals surface area contributed by atoms with Crippen LogP contribution in [0.25, 0.3) is 0 Å². The SMILES string of the molecule is CC[N+]1(C)C=CN=C1.CC[N+]1(C)C=CN=C1.CP(=O)([O-])[O-]. The van der Waals surface area contributed by atoms with Crippen molar-refractivity contribution in [1.29, 1.82) is 0 Å². The van der Waals surface area contributed by atoms with Crippen LogP contribution in [0, 0.1) is 0 Å². The molecule has 0 aromatic rings. The van der Waals surface area contributed by atoms with Crippen LogP contribution < -0.4 is 9.79 Å². The van der Waals surface area contributed by atoms with Gasteiger partial charge in [0.1, 0.15) is 12.4 Å². The van der Waals surface area contributed by atoms with Crippen LogP contribution in [0.4, 0.5) is 0 Å². The van der Waals surface area contributed by atoms with E-state index >= 15 is 0 Å². The molecule has 2 aliphatic rings. The standard InChI is InChI=1S/2C6H11N2.CH5O3P/c2*1-3-8(2)5-4-7-6-8;1-5(2,3)4/h2*4-6H,3H2,1-2H3;1H3,(H2,2,3,4)/q2*+1;/p-2. The van der Waals surface area contributed by atoms with Crippen molar-refractivity contribution in [3.05, 3.63) is 24.8 Å². The molecule has 0 amide bonds. The van der Waals surface area contributed by atoms with Gasteiger partial charge in [0.2, 0.25) is 0 Å². The lowest BCUT2D eigenvalue weighted by Gasteiger charge is -2.22. The van der Waals surface area contributed by atoms with E-state index in [1.807, 2.05) is 25.1 Å². The summed E-state index contributed by atoms with van der Waals surface area (Å²) in [5.74, 6) is 0. The molecule has 7 nitrogen and oxygen atoms in total. The van der Waals surface area contributed by atoms with Gasteiger partial charge in [0.05, 0.1) is 39.6 Å². The molecule has 2 unspecified atom stereocenters. The molecule has 8 heteroatoms. The number of hydrogen-bond acceptors (Lipinski definition) is 5. The molecule has 21 heavy (non-hydrogen) atoms. The van der Waals surface area contributed by atoms with Crippen LogP contribution in [0.1, 0.15) is 13.8 Å². The quantitative estimate of drug-likeness (QED) is 0.548. The lowest BCUT2D eigenvalue weighted by Crippen LogP contribution is -2.33. The fourth-order valence-electron chi connectivity index (χ4n) is 1.21. The van der Waals surface area contributed by atoms with Gasteiger partial charge in [-0.2, -0.15) is 0 Å². The molecule has 0 aromatic heterocycles.